The van der Waals surface area contributed by atoms with Gasteiger partial charge in [-0.15, -0.1) is 24.0 Å². The highest BCUT2D eigenvalue weighted by molar-refractivity contribution is 14.0. The van der Waals surface area contributed by atoms with Crippen LogP contribution in [0.15, 0.2) is 23.2 Å². The van der Waals surface area contributed by atoms with E-state index in [0.29, 0.717) is 41.2 Å². The van der Waals surface area contributed by atoms with E-state index in [1.165, 1.54) is 6.07 Å². The number of amides is 1. The van der Waals surface area contributed by atoms with Crippen LogP contribution >= 0.6 is 47.2 Å². The van der Waals surface area contributed by atoms with E-state index < -0.39 is 0 Å². The van der Waals surface area contributed by atoms with Crippen molar-refractivity contribution in [2.24, 2.45) is 10.7 Å². The van der Waals surface area contributed by atoms with Gasteiger partial charge in [0.1, 0.15) is 0 Å². The molecule has 1 aliphatic heterocycles. The van der Waals surface area contributed by atoms with Gasteiger partial charge < -0.3 is 21.1 Å². The van der Waals surface area contributed by atoms with E-state index in [1.54, 1.807) is 12.1 Å². The Morgan fingerprint density at radius 2 is 1.89 bits per heavy atom. The molecule has 1 aliphatic rings. The molecule has 0 bridgehead atoms. The molecule has 1 aromatic carbocycles. The van der Waals surface area contributed by atoms with Crippen molar-refractivity contribution >= 4 is 59.0 Å². The van der Waals surface area contributed by atoms with Crippen LogP contribution in [0.2, 0.25) is 10.0 Å². The number of rotatable bonds is 8. The quantitative estimate of drug-likeness (QED) is 0.207. The van der Waals surface area contributed by atoms with Crippen LogP contribution < -0.4 is 16.4 Å². The summed E-state index contributed by atoms with van der Waals surface area (Å²) in [4.78, 5) is 18.6. The van der Waals surface area contributed by atoms with Crippen LogP contribution in [0.4, 0.5) is 0 Å². The largest absolute Gasteiger partial charge is 0.379 e. The van der Waals surface area contributed by atoms with E-state index in [-0.39, 0.29) is 29.9 Å². The molecule has 2 rings (SSSR count). The third-order valence-corrected chi connectivity index (χ3v) is 4.66. The lowest BCUT2D eigenvalue weighted by molar-refractivity contribution is 0.0377. The second-order valence-electron chi connectivity index (χ2n) is 5.89. The molecule has 4 N–H and O–H groups in total. The van der Waals surface area contributed by atoms with Crippen molar-refractivity contribution in [2.75, 3.05) is 52.5 Å². The number of aliphatic imine (C=N–C) groups is 1. The van der Waals surface area contributed by atoms with Gasteiger partial charge in [0.2, 0.25) is 0 Å². The highest BCUT2D eigenvalue weighted by Crippen LogP contribution is 2.22. The van der Waals surface area contributed by atoms with Gasteiger partial charge in [-0.05, 0) is 24.6 Å². The summed E-state index contributed by atoms with van der Waals surface area (Å²) in [7, 11) is 0. The molecule has 0 unspecified atom stereocenters. The fourth-order valence-electron chi connectivity index (χ4n) is 2.48. The SMILES string of the molecule is I.NC(=NCCCN1CCOCC1)NCCNC(=O)c1ccc(Cl)c(Cl)c1. The van der Waals surface area contributed by atoms with E-state index in [9.17, 15) is 4.79 Å². The summed E-state index contributed by atoms with van der Waals surface area (Å²) in [6.45, 7) is 6.16. The summed E-state index contributed by atoms with van der Waals surface area (Å²) < 4.78 is 5.31. The number of benzene rings is 1. The Labute approximate surface area is 187 Å². The van der Waals surface area contributed by atoms with Gasteiger partial charge in [0.25, 0.3) is 5.91 Å². The fraction of sp³-hybridized carbons (Fsp3) is 0.529. The molecule has 0 atom stereocenters. The highest BCUT2D eigenvalue weighted by Gasteiger charge is 2.09. The van der Waals surface area contributed by atoms with E-state index in [2.05, 4.69) is 20.5 Å². The van der Waals surface area contributed by atoms with Crippen LogP contribution in [0.25, 0.3) is 0 Å². The Bertz CT molecular complexity index is 627. The Kier molecular flexibility index (Phi) is 12.0. The van der Waals surface area contributed by atoms with Crippen molar-refractivity contribution in [2.45, 2.75) is 6.42 Å². The molecule has 1 saturated heterocycles. The number of halogens is 3. The molecule has 0 spiro atoms. The van der Waals surface area contributed by atoms with Crippen molar-refractivity contribution in [3.63, 3.8) is 0 Å². The molecule has 0 saturated carbocycles. The van der Waals surface area contributed by atoms with Gasteiger partial charge in [-0.3, -0.25) is 14.7 Å². The van der Waals surface area contributed by atoms with Crippen LogP contribution in [0, 0.1) is 0 Å². The Balaban J connectivity index is 0.00000364. The number of ether oxygens (including phenoxy) is 1. The molecule has 1 amide bonds. The first-order valence-electron chi connectivity index (χ1n) is 8.63. The zero-order valence-electron chi connectivity index (χ0n) is 15.0. The normalized spacial score (nSPS) is 15.1. The smallest absolute Gasteiger partial charge is 0.251 e. The number of hydrogen-bond donors (Lipinski definition) is 3. The standard InChI is InChI=1S/C17H25Cl2N5O2.HI/c18-14-3-2-13(12-15(14)19)16(25)21-5-6-23-17(20)22-4-1-7-24-8-10-26-11-9-24;/h2-3,12H,1,4-11H2,(H,21,25)(H3,20,22,23);1H. The van der Waals surface area contributed by atoms with Crippen molar-refractivity contribution < 1.29 is 9.53 Å². The molecule has 1 heterocycles. The average molecular weight is 530 g/mol. The predicted octanol–water partition coefficient (Wildman–Crippen LogP) is 1.97. The minimum atomic E-state index is -0.216. The molecule has 10 heteroatoms. The zero-order chi connectivity index (χ0) is 18.8. The topological polar surface area (TPSA) is 92.0 Å². The number of nitrogens with zero attached hydrogens (tertiary/aromatic N) is 2. The fourth-order valence-corrected chi connectivity index (χ4v) is 2.78. The van der Waals surface area contributed by atoms with E-state index in [1.807, 2.05) is 0 Å². The number of nitrogens with one attached hydrogen (secondary N) is 2. The van der Waals surface area contributed by atoms with Crippen LogP contribution in [0.1, 0.15) is 16.8 Å². The lowest BCUT2D eigenvalue weighted by Gasteiger charge is -2.26. The van der Waals surface area contributed by atoms with Gasteiger partial charge in [0.05, 0.1) is 23.3 Å². The van der Waals surface area contributed by atoms with Crippen molar-refractivity contribution in [1.82, 2.24) is 15.5 Å². The van der Waals surface area contributed by atoms with Crippen LogP contribution in [-0.4, -0.2) is 69.2 Å². The summed E-state index contributed by atoms with van der Waals surface area (Å²) in [5.74, 6) is 0.169. The lowest BCUT2D eigenvalue weighted by Crippen LogP contribution is -2.39. The maximum absolute atomic E-state index is 12.0. The lowest BCUT2D eigenvalue weighted by atomic mass is 10.2. The first kappa shape index (κ1) is 24.2. The summed E-state index contributed by atoms with van der Waals surface area (Å²) >= 11 is 11.7. The molecule has 1 aromatic rings. The second-order valence-corrected chi connectivity index (χ2v) is 6.70. The molecule has 0 aliphatic carbocycles. The molecular weight excluding hydrogens is 504 g/mol. The molecule has 0 aromatic heterocycles. The molecule has 7 nitrogen and oxygen atoms in total. The van der Waals surface area contributed by atoms with E-state index in [0.717, 1.165) is 39.3 Å². The van der Waals surface area contributed by atoms with Crippen LogP contribution in [-0.2, 0) is 4.74 Å². The van der Waals surface area contributed by atoms with Gasteiger partial charge in [-0.2, -0.15) is 0 Å². The van der Waals surface area contributed by atoms with Crippen LogP contribution in [0.5, 0.6) is 0 Å². The number of nitrogens with two attached hydrogens (primary N) is 1. The second kappa shape index (κ2) is 13.4. The monoisotopic (exact) mass is 529 g/mol. The van der Waals surface area contributed by atoms with Gasteiger partial charge in [-0.1, -0.05) is 23.2 Å². The van der Waals surface area contributed by atoms with Crippen LogP contribution in [0.3, 0.4) is 0 Å². The van der Waals surface area contributed by atoms with Crippen molar-refractivity contribution in [1.29, 1.82) is 0 Å². The zero-order valence-corrected chi connectivity index (χ0v) is 18.9. The molecule has 1 fully saturated rings. The van der Waals surface area contributed by atoms with Crippen molar-refractivity contribution in [3.8, 4) is 0 Å². The first-order chi connectivity index (χ1) is 12.6. The number of carbonyl (C=O) groups is 1. The Morgan fingerprint density at radius 1 is 1.19 bits per heavy atom. The average Bonchev–Trinajstić information content (AvgIpc) is 2.65. The van der Waals surface area contributed by atoms with E-state index in [4.69, 9.17) is 33.7 Å². The summed E-state index contributed by atoms with van der Waals surface area (Å²) in [5.41, 5.74) is 6.28. The van der Waals surface area contributed by atoms with E-state index >= 15 is 0 Å². The van der Waals surface area contributed by atoms with Gasteiger partial charge in [-0.25, -0.2) is 0 Å². The summed E-state index contributed by atoms with van der Waals surface area (Å²) in [6.07, 6.45) is 0.955. The maximum Gasteiger partial charge on any atom is 0.251 e. The number of guanidine groups is 1. The molecule has 152 valence electrons. The van der Waals surface area contributed by atoms with Gasteiger partial charge in [0, 0.05) is 44.8 Å². The minimum absolute atomic E-state index is 0. The number of hydrogen-bond acceptors (Lipinski definition) is 4. The molecular formula is C17H26Cl2IN5O2. The highest BCUT2D eigenvalue weighted by atomic mass is 127. The third-order valence-electron chi connectivity index (χ3n) is 3.92. The maximum atomic E-state index is 12.0. The number of carbonyl (C=O) groups excluding carboxylic acids is 1. The van der Waals surface area contributed by atoms with Gasteiger partial charge >= 0.3 is 0 Å². The predicted molar refractivity (Wildman–Crippen MR) is 121 cm³/mol. The summed E-state index contributed by atoms with van der Waals surface area (Å²) in [5, 5.41) is 6.53. The Morgan fingerprint density at radius 3 is 2.59 bits per heavy atom. The van der Waals surface area contributed by atoms with Gasteiger partial charge in [0.15, 0.2) is 5.96 Å². The first-order valence-corrected chi connectivity index (χ1v) is 9.39. The summed E-state index contributed by atoms with van der Waals surface area (Å²) in [6, 6.07) is 4.76. The molecule has 0 radical (unpaired) electrons. The van der Waals surface area contributed by atoms with Crippen molar-refractivity contribution in [3.05, 3.63) is 33.8 Å². The number of morpholine rings is 1. The minimum Gasteiger partial charge on any atom is -0.379 e. The Hall–Kier alpha value is -0.810. The third kappa shape index (κ3) is 9.29. The molecule has 27 heavy (non-hydrogen) atoms.